The number of carbonyl (C=O) groups excluding carboxylic acids is 1. The van der Waals surface area contributed by atoms with Crippen molar-refractivity contribution in [2.75, 3.05) is 0 Å². The summed E-state index contributed by atoms with van der Waals surface area (Å²) in [7, 11) is 0. The van der Waals surface area contributed by atoms with Crippen LogP contribution in [-0.2, 0) is 4.79 Å². The molecule has 0 bridgehead atoms. The van der Waals surface area contributed by atoms with E-state index in [9.17, 15) is 9.90 Å². The zero-order valence-corrected chi connectivity index (χ0v) is 8.70. The minimum Gasteiger partial charge on any atom is -0.393 e. The minimum atomic E-state index is -0.228. The Morgan fingerprint density at radius 3 is 2.57 bits per heavy atom. The maximum absolute atomic E-state index is 11.5. The van der Waals surface area contributed by atoms with Crippen LogP contribution >= 0.6 is 0 Å². The highest BCUT2D eigenvalue weighted by Crippen LogP contribution is 2.30. The first-order valence-corrected chi connectivity index (χ1v) is 5.65. The van der Waals surface area contributed by atoms with Crippen LogP contribution in [0.2, 0.25) is 0 Å². The van der Waals surface area contributed by atoms with E-state index in [-0.39, 0.29) is 24.0 Å². The molecule has 0 aromatic heterocycles. The molecule has 14 heavy (non-hydrogen) atoms. The normalized spacial score (nSPS) is 38.0. The number of amides is 1. The Bertz CT molecular complexity index is 225. The van der Waals surface area contributed by atoms with Crippen LogP contribution in [0.3, 0.4) is 0 Å². The highest BCUT2D eigenvalue weighted by Gasteiger charge is 2.33. The van der Waals surface area contributed by atoms with Crippen molar-refractivity contribution >= 4 is 5.91 Å². The average Bonchev–Trinajstić information content (AvgIpc) is 2.94. The van der Waals surface area contributed by atoms with E-state index in [1.165, 1.54) is 0 Å². The topological polar surface area (TPSA) is 49.3 Å². The number of carbonyl (C=O) groups is 1. The van der Waals surface area contributed by atoms with Gasteiger partial charge in [0.05, 0.1) is 6.10 Å². The van der Waals surface area contributed by atoms with Gasteiger partial charge in [0.25, 0.3) is 0 Å². The Kier molecular flexibility index (Phi) is 2.77. The summed E-state index contributed by atoms with van der Waals surface area (Å²) in [4.78, 5) is 11.5. The van der Waals surface area contributed by atoms with E-state index in [4.69, 9.17) is 0 Å². The van der Waals surface area contributed by atoms with E-state index in [0.29, 0.717) is 5.92 Å². The lowest BCUT2D eigenvalue weighted by atomic mass is 9.85. The first-order valence-electron chi connectivity index (χ1n) is 5.65. The van der Waals surface area contributed by atoms with Gasteiger partial charge in [0.1, 0.15) is 0 Å². The van der Waals surface area contributed by atoms with Crippen molar-refractivity contribution < 1.29 is 9.90 Å². The first-order chi connectivity index (χ1) is 6.66. The van der Waals surface area contributed by atoms with Crippen molar-refractivity contribution in [2.45, 2.75) is 51.2 Å². The van der Waals surface area contributed by atoms with Gasteiger partial charge in [-0.1, -0.05) is 6.92 Å². The second-order valence-electron chi connectivity index (χ2n) is 4.84. The summed E-state index contributed by atoms with van der Waals surface area (Å²) in [5, 5.41) is 12.7. The number of aliphatic hydroxyl groups is 1. The third kappa shape index (κ3) is 2.27. The highest BCUT2D eigenvalue weighted by molar-refractivity contribution is 5.81. The average molecular weight is 197 g/mol. The first kappa shape index (κ1) is 9.97. The minimum absolute atomic E-state index is 0.205. The van der Waals surface area contributed by atoms with Gasteiger partial charge >= 0.3 is 0 Å². The van der Waals surface area contributed by atoms with E-state index in [2.05, 4.69) is 12.2 Å². The van der Waals surface area contributed by atoms with E-state index in [1.807, 2.05) is 0 Å². The molecule has 2 aliphatic carbocycles. The Hall–Kier alpha value is -0.570. The van der Waals surface area contributed by atoms with Crippen LogP contribution in [0.4, 0.5) is 0 Å². The zero-order chi connectivity index (χ0) is 10.1. The second kappa shape index (κ2) is 3.89. The van der Waals surface area contributed by atoms with Crippen LogP contribution in [0, 0.1) is 11.8 Å². The third-order valence-corrected chi connectivity index (χ3v) is 3.45. The molecule has 3 heteroatoms. The molecule has 0 unspecified atom stereocenters. The fourth-order valence-electron chi connectivity index (χ4n) is 2.09. The predicted octanol–water partition coefficient (Wildman–Crippen LogP) is 1.06. The molecule has 3 nitrogen and oxygen atoms in total. The Morgan fingerprint density at radius 2 is 2.00 bits per heavy atom. The van der Waals surface area contributed by atoms with Crippen molar-refractivity contribution in [3.8, 4) is 0 Å². The van der Waals surface area contributed by atoms with Crippen LogP contribution in [0.5, 0.6) is 0 Å². The van der Waals surface area contributed by atoms with E-state index < -0.39 is 0 Å². The lowest BCUT2D eigenvalue weighted by Crippen LogP contribution is -2.42. The van der Waals surface area contributed by atoms with Crippen molar-refractivity contribution in [2.24, 2.45) is 11.8 Å². The summed E-state index contributed by atoms with van der Waals surface area (Å²) in [5.41, 5.74) is 0. The fourth-order valence-corrected chi connectivity index (χ4v) is 2.09. The Balaban J connectivity index is 1.78. The summed E-state index contributed by atoms with van der Waals surface area (Å²) in [6.07, 6.45) is 4.66. The lowest BCUT2D eigenvalue weighted by molar-refractivity contribution is -0.123. The summed E-state index contributed by atoms with van der Waals surface area (Å²) in [5.74, 6) is 0.882. The predicted molar refractivity (Wildman–Crippen MR) is 53.7 cm³/mol. The molecule has 0 aliphatic heterocycles. The molecule has 0 aromatic rings. The lowest BCUT2D eigenvalue weighted by Gasteiger charge is -2.31. The molecular formula is C11H19NO2. The van der Waals surface area contributed by atoms with Gasteiger partial charge < -0.3 is 10.4 Å². The molecule has 2 N–H and O–H groups in total. The maximum atomic E-state index is 11.5. The van der Waals surface area contributed by atoms with Crippen LogP contribution < -0.4 is 5.32 Å². The Labute approximate surface area is 84.9 Å². The van der Waals surface area contributed by atoms with Gasteiger partial charge in [0, 0.05) is 12.0 Å². The van der Waals surface area contributed by atoms with E-state index in [0.717, 1.165) is 32.1 Å². The molecule has 2 saturated carbocycles. The molecule has 2 aliphatic rings. The van der Waals surface area contributed by atoms with E-state index in [1.54, 1.807) is 0 Å². The Morgan fingerprint density at radius 1 is 1.29 bits per heavy atom. The molecule has 2 fully saturated rings. The van der Waals surface area contributed by atoms with Crippen LogP contribution in [0.25, 0.3) is 0 Å². The smallest absolute Gasteiger partial charge is 0.223 e. The number of hydrogen-bond donors (Lipinski definition) is 2. The number of rotatable bonds is 2. The van der Waals surface area contributed by atoms with Gasteiger partial charge in [-0.25, -0.2) is 0 Å². The molecule has 0 heterocycles. The van der Waals surface area contributed by atoms with Gasteiger partial charge in [-0.2, -0.15) is 0 Å². The second-order valence-corrected chi connectivity index (χ2v) is 4.84. The molecule has 2 rings (SSSR count). The number of aliphatic hydroxyl groups excluding tert-OH is 1. The van der Waals surface area contributed by atoms with Crippen molar-refractivity contribution in [1.82, 2.24) is 5.32 Å². The standard InChI is InChI=1S/C11H19NO2/c1-7-2-5-9(6-10(7)13)12-11(14)8-3-4-8/h7-10,13H,2-6H2,1H3,(H,12,14)/t7-,9-,10-/m0/s1. The summed E-state index contributed by atoms with van der Waals surface area (Å²) in [6, 6.07) is 0.217. The fraction of sp³-hybridized carbons (Fsp3) is 0.909. The third-order valence-electron chi connectivity index (χ3n) is 3.45. The largest absolute Gasteiger partial charge is 0.393 e. The molecule has 1 amide bonds. The molecule has 0 spiro atoms. The van der Waals surface area contributed by atoms with Gasteiger partial charge in [-0.05, 0) is 38.0 Å². The van der Waals surface area contributed by atoms with Gasteiger partial charge in [-0.3, -0.25) is 4.79 Å². The molecule has 80 valence electrons. The molecule has 0 radical (unpaired) electrons. The molecular weight excluding hydrogens is 178 g/mol. The van der Waals surface area contributed by atoms with Crippen molar-refractivity contribution in [3.05, 3.63) is 0 Å². The maximum Gasteiger partial charge on any atom is 0.223 e. The van der Waals surface area contributed by atoms with Crippen molar-refractivity contribution in [1.29, 1.82) is 0 Å². The van der Waals surface area contributed by atoms with Crippen LogP contribution in [-0.4, -0.2) is 23.2 Å². The summed E-state index contributed by atoms with van der Waals surface area (Å²) in [6.45, 7) is 2.07. The monoisotopic (exact) mass is 197 g/mol. The molecule has 3 atom stereocenters. The number of nitrogens with one attached hydrogen (secondary N) is 1. The molecule has 0 aromatic carbocycles. The van der Waals surface area contributed by atoms with Gasteiger partial charge in [0.15, 0.2) is 0 Å². The quantitative estimate of drug-likeness (QED) is 0.695. The van der Waals surface area contributed by atoms with E-state index >= 15 is 0 Å². The van der Waals surface area contributed by atoms with Gasteiger partial charge in [-0.15, -0.1) is 0 Å². The number of hydrogen-bond acceptors (Lipinski definition) is 2. The highest BCUT2D eigenvalue weighted by atomic mass is 16.3. The summed E-state index contributed by atoms with van der Waals surface area (Å²) < 4.78 is 0. The summed E-state index contributed by atoms with van der Waals surface area (Å²) >= 11 is 0. The van der Waals surface area contributed by atoms with Crippen molar-refractivity contribution in [3.63, 3.8) is 0 Å². The van der Waals surface area contributed by atoms with Crippen LogP contribution in [0.15, 0.2) is 0 Å². The zero-order valence-electron chi connectivity index (χ0n) is 8.70. The SMILES string of the molecule is C[C@H]1CC[C@H](NC(=O)C2CC2)C[C@@H]1O. The molecule has 0 saturated heterocycles. The van der Waals surface area contributed by atoms with Crippen LogP contribution in [0.1, 0.15) is 39.0 Å². The van der Waals surface area contributed by atoms with Gasteiger partial charge in [0.2, 0.25) is 5.91 Å².